The predicted octanol–water partition coefficient (Wildman–Crippen LogP) is 3.62. The summed E-state index contributed by atoms with van der Waals surface area (Å²) < 4.78 is 2.05. The number of carbonyl (C=O) groups excluding carboxylic acids is 2. The molecule has 1 aliphatic rings. The van der Waals surface area contributed by atoms with Crippen molar-refractivity contribution in [1.82, 2.24) is 14.8 Å². The molecule has 6 nitrogen and oxygen atoms in total. The molecule has 1 aliphatic heterocycles. The van der Waals surface area contributed by atoms with Crippen molar-refractivity contribution < 1.29 is 14.7 Å². The van der Waals surface area contributed by atoms with Gasteiger partial charge >= 0.3 is 6.03 Å². The predicted molar refractivity (Wildman–Crippen MR) is 119 cm³/mol. The van der Waals surface area contributed by atoms with E-state index in [2.05, 4.69) is 17.4 Å². The molecular weight excluding hydrogens is 390 g/mol. The normalized spacial score (nSPS) is 19.9. The van der Waals surface area contributed by atoms with Gasteiger partial charge < -0.3 is 15.0 Å². The molecule has 2 N–H and O–H groups in total. The molecule has 0 saturated carbocycles. The molecule has 2 heterocycles. The minimum Gasteiger partial charge on any atom is -0.389 e. The van der Waals surface area contributed by atoms with Crippen LogP contribution in [-0.4, -0.2) is 39.2 Å². The largest absolute Gasteiger partial charge is 0.389 e. The van der Waals surface area contributed by atoms with Gasteiger partial charge in [0, 0.05) is 21.8 Å². The number of fused-ring (bicyclic) bond motifs is 3. The lowest BCUT2D eigenvalue weighted by atomic mass is 9.92. The van der Waals surface area contributed by atoms with Gasteiger partial charge in [-0.25, -0.2) is 4.79 Å². The second-order valence-corrected chi connectivity index (χ2v) is 8.14. The van der Waals surface area contributed by atoms with E-state index in [9.17, 15) is 14.7 Å². The first-order valence-electron chi connectivity index (χ1n) is 10.3. The van der Waals surface area contributed by atoms with E-state index in [1.807, 2.05) is 71.3 Å². The summed E-state index contributed by atoms with van der Waals surface area (Å²) in [7, 11) is 0. The van der Waals surface area contributed by atoms with E-state index in [1.165, 1.54) is 0 Å². The Bertz CT molecular complexity index is 1240. The average molecular weight is 413 g/mol. The van der Waals surface area contributed by atoms with Crippen LogP contribution in [0.25, 0.3) is 21.8 Å². The van der Waals surface area contributed by atoms with Gasteiger partial charge in [0.05, 0.1) is 19.2 Å². The Morgan fingerprint density at radius 3 is 2.00 bits per heavy atom. The summed E-state index contributed by atoms with van der Waals surface area (Å²) in [6.45, 7) is 1.89. The lowest BCUT2D eigenvalue weighted by Gasteiger charge is -2.23. The summed E-state index contributed by atoms with van der Waals surface area (Å²) in [5.41, 5.74) is 1.60. The van der Waals surface area contributed by atoms with Crippen molar-refractivity contribution in [3.8, 4) is 0 Å². The highest BCUT2D eigenvalue weighted by molar-refractivity contribution is 6.08. The number of nitrogens with one attached hydrogen (secondary N) is 1. The molecule has 5 rings (SSSR count). The summed E-state index contributed by atoms with van der Waals surface area (Å²) in [6, 6.07) is 24.7. The molecule has 0 spiro atoms. The molecule has 1 fully saturated rings. The molecule has 6 heteroatoms. The number of carbonyl (C=O) groups is 2. The maximum Gasteiger partial charge on any atom is 0.325 e. The number of imide groups is 1. The number of hydrogen-bond acceptors (Lipinski definition) is 3. The van der Waals surface area contributed by atoms with Gasteiger partial charge in [-0.3, -0.25) is 9.69 Å². The minimum atomic E-state index is -1.13. The van der Waals surface area contributed by atoms with Crippen LogP contribution in [0.1, 0.15) is 12.5 Å². The van der Waals surface area contributed by atoms with Gasteiger partial charge in [0.15, 0.2) is 0 Å². The zero-order valence-electron chi connectivity index (χ0n) is 17.2. The second-order valence-electron chi connectivity index (χ2n) is 8.14. The van der Waals surface area contributed by atoms with Crippen LogP contribution in [-0.2, 0) is 16.9 Å². The number of urea groups is 1. The Morgan fingerprint density at radius 1 is 0.839 bits per heavy atom. The Morgan fingerprint density at radius 2 is 1.39 bits per heavy atom. The van der Waals surface area contributed by atoms with E-state index in [1.54, 1.807) is 6.92 Å². The fourth-order valence-corrected chi connectivity index (χ4v) is 4.51. The van der Waals surface area contributed by atoms with Crippen LogP contribution in [0.2, 0.25) is 0 Å². The van der Waals surface area contributed by atoms with Crippen LogP contribution in [0.5, 0.6) is 0 Å². The molecule has 4 aromatic rings. The highest BCUT2D eigenvalue weighted by Gasteiger charge is 2.49. The van der Waals surface area contributed by atoms with Gasteiger partial charge in [-0.2, -0.15) is 0 Å². The molecule has 1 saturated heterocycles. The molecule has 0 radical (unpaired) electrons. The summed E-state index contributed by atoms with van der Waals surface area (Å²) >= 11 is 0. The van der Waals surface area contributed by atoms with Crippen molar-refractivity contribution in [2.45, 2.75) is 25.1 Å². The number of amides is 3. The molecule has 3 amide bonds. The van der Waals surface area contributed by atoms with Crippen LogP contribution < -0.4 is 5.32 Å². The molecule has 0 aliphatic carbocycles. The van der Waals surface area contributed by atoms with Crippen molar-refractivity contribution in [2.24, 2.45) is 0 Å². The number of hydrogen-bond donors (Lipinski definition) is 2. The summed E-state index contributed by atoms with van der Waals surface area (Å²) in [6.07, 6.45) is -0.910. The fourth-order valence-electron chi connectivity index (χ4n) is 4.51. The van der Waals surface area contributed by atoms with E-state index in [0.29, 0.717) is 5.56 Å². The first kappa shape index (κ1) is 19.3. The number of benzene rings is 3. The van der Waals surface area contributed by atoms with E-state index in [0.717, 1.165) is 26.7 Å². The standard InChI is InChI=1S/C25H23N3O3/c1-25(17-9-3-2-4-10-17)23(30)28(24(31)26-25)16-18(29)15-27-21-13-7-5-11-19(21)20-12-6-8-14-22(20)27/h2-14,18,29H,15-16H2,1H3,(H,26,31)/t18-,25+/m0/s1. The van der Waals surface area contributed by atoms with Crippen molar-refractivity contribution in [2.75, 3.05) is 6.54 Å². The summed E-state index contributed by atoms with van der Waals surface area (Å²) in [5.74, 6) is -0.357. The third kappa shape index (κ3) is 3.07. The zero-order chi connectivity index (χ0) is 21.6. The maximum atomic E-state index is 13.1. The van der Waals surface area contributed by atoms with Gasteiger partial charge in [-0.05, 0) is 24.6 Å². The highest BCUT2D eigenvalue weighted by atomic mass is 16.3. The van der Waals surface area contributed by atoms with E-state index in [4.69, 9.17) is 0 Å². The minimum absolute atomic E-state index is 0.0755. The number of β-amino-alcohol motifs (C(OH)–C–C–N with tert-alkyl or cyclic N) is 1. The zero-order valence-corrected chi connectivity index (χ0v) is 17.2. The van der Waals surface area contributed by atoms with E-state index < -0.39 is 17.7 Å². The SMILES string of the molecule is C[C@]1(c2ccccc2)NC(=O)N(C[C@@H](O)Cn2c3ccccc3c3ccccc32)C1=O. The van der Waals surface area contributed by atoms with Gasteiger partial charge in [-0.1, -0.05) is 66.7 Å². The molecule has 0 bridgehead atoms. The second kappa shape index (κ2) is 7.25. The van der Waals surface area contributed by atoms with Gasteiger partial charge in [0.25, 0.3) is 5.91 Å². The number of aliphatic hydroxyl groups excluding tert-OH is 1. The van der Waals surface area contributed by atoms with E-state index >= 15 is 0 Å². The Kier molecular flexibility index (Phi) is 4.52. The number of para-hydroxylation sites is 2. The Hall–Kier alpha value is -3.64. The lowest BCUT2D eigenvalue weighted by Crippen LogP contribution is -2.42. The quantitative estimate of drug-likeness (QED) is 0.491. The monoisotopic (exact) mass is 413 g/mol. The van der Waals surface area contributed by atoms with Crippen molar-refractivity contribution in [1.29, 1.82) is 0 Å². The van der Waals surface area contributed by atoms with Crippen molar-refractivity contribution in [3.05, 3.63) is 84.4 Å². The van der Waals surface area contributed by atoms with E-state index in [-0.39, 0.29) is 19.0 Å². The Labute approximate surface area is 179 Å². The van der Waals surface area contributed by atoms with Crippen molar-refractivity contribution in [3.63, 3.8) is 0 Å². The van der Waals surface area contributed by atoms with Crippen molar-refractivity contribution >= 4 is 33.7 Å². The van der Waals surface area contributed by atoms with Crippen LogP contribution >= 0.6 is 0 Å². The van der Waals surface area contributed by atoms with Gasteiger partial charge in [0.1, 0.15) is 5.54 Å². The van der Waals surface area contributed by atoms with Gasteiger partial charge in [0.2, 0.25) is 0 Å². The molecule has 0 unspecified atom stereocenters. The fraction of sp³-hybridized carbons (Fsp3) is 0.200. The molecule has 31 heavy (non-hydrogen) atoms. The van der Waals surface area contributed by atoms with Gasteiger partial charge in [-0.15, -0.1) is 0 Å². The molecular formula is C25H23N3O3. The molecule has 2 atom stereocenters. The molecule has 3 aromatic carbocycles. The summed E-state index contributed by atoms with van der Waals surface area (Å²) in [4.78, 5) is 26.9. The lowest BCUT2D eigenvalue weighted by molar-refractivity contribution is -0.132. The summed E-state index contributed by atoms with van der Waals surface area (Å²) in [5, 5.41) is 15.9. The highest BCUT2D eigenvalue weighted by Crippen LogP contribution is 2.31. The first-order chi connectivity index (χ1) is 15.0. The topological polar surface area (TPSA) is 74.6 Å². The first-order valence-corrected chi connectivity index (χ1v) is 10.3. The smallest absolute Gasteiger partial charge is 0.325 e. The number of aliphatic hydroxyl groups is 1. The van der Waals surface area contributed by atoms with Crippen LogP contribution in [0, 0.1) is 0 Å². The third-order valence-electron chi connectivity index (χ3n) is 6.09. The Balaban J connectivity index is 1.42. The molecule has 1 aromatic heterocycles. The third-order valence-corrected chi connectivity index (χ3v) is 6.09. The van der Waals surface area contributed by atoms with Crippen LogP contribution in [0.4, 0.5) is 4.79 Å². The number of rotatable bonds is 5. The van der Waals surface area contributed by atoms with Crippen LogP contribution in [0.15, 0.2) is 78.9 Å². The molecule has 156 valence electrons. The number of nitrogens with zero attached hydrogens (tertiary/aromatic N) is 2. The van der Waals surface area contributed by atoms with Crippen LogP contribution in [0.3, 0.4) is 0 Å². The average Bonchev–Trinajstić information content (AvgIpc) is 3.22. The number of aromatic nitrogens is 1. The maximum absolute atomic E-state index is 13.1.